The molecule has 1 aliphatic heterocycles. The van der Waals surface area contributed by atoms with Crippen molar-refractivity contribution in [3.8, 4) is 5.75 Å². The Balaban J connectivity index is 1.34. The van der Waals surface area contributed by atoms with E-state index in [1.807, 2.05) is 36.4 Å². The summed E-state index contributed by atoms with van der Waals surface area (Å²) in [5.74, 6) is 0.302. The van der Waals surface area contributed by atoms with Gasteiger partial charge in [0.1, 0.15) is 5.75 Å². The molecule has 0 aliphatic carbocycles. The molecule has 0 radical (unpaired) electrons. The van der Waals surface area contributed by atoms with Crippen molar-refractivity contribution >= 4 is 34.4 Å². The average Bonchev–Trinajstić information content (AvgIpc) is 2.87. The smallest absolute Gasteiger partial charge is 0.308 e. The molecule has 178 valence electrons. The SMILES string of the molecule is COc1ccc2nccc(C(=O)CCC3CCN(CCSc4ccccn4)CC3C(=O)O)c2c1. The number of thioether (sulfide) groups is 1. The Morgan fingerprint density at radius 3 is 2.82 bits per heavy atom. The highest BCUT2D eigenvalue weighted by molar-refractivity contribution is 7.99. The largest absolute Gasteiger partial charge is 0.497 e. The first kappa shape index (κ1) is 24.2. The highest BCUT2D eigenvalue weighted by Gasteiger charge is 2.34. The Hall–Kier alpha value is -2.97. The predicted octanol–water partition coefficient (Wildman–Crippen LogP) is 4.42. The Morgan fingerprint density at radius 1 is 1.18 bits per heavy atom. The Morgan fingerprint density at radius 2 is 2.06 bits per heavy atom. The number of ketones is 1. The van der Waals surface area contributed by atoms with Crippen molar-refractivity contribution in [1.82, 2.24) is 14.9 Å². The second kappa shape index (κ2) is 11.4. The summed E-state index contributed by atoms with van der Waals surface area (Å²) in [6.07, 6.45) is 5.09. The van der Waals surface area contributed by atoms with Crippen molar-refractivity contribution in [2.24, 2.45) is 11.8 Å². The third-order valence-corrected chi connectivity index (χ3v) is 7.37. The molecule has 1 N–H and O–H groups in total. The van der Waals surface area contributed by atoms with E-state index in [0.717, 1.165) is 41.2 Å². The van der Waals surface area contributed by atoms with Crippen LogP contribution in [0.4, 0.5) is 0 Å². The summed E-state index contributed by atoms with van der Waals surface area (Å²) in [4.78, 5) is 36.0. The zero-order chi connectivity index (χ0) is 23.9. The van der Waals surface area contributed by atoms with Crippen LogP contribution in [0.25, 0.3) is 10.9 Å². The molecule has 2 aromatic heterocycles. The van der Waals surface area contributed by atoms with E-state index in [0.29, 0.717) is 30.7 Å². The van der Waals surface area contributed by atoms with E-state index in [-0.39, 0.29) is 11.7 Å². The normalized spacial score (nSPS) is 18.6. The van der Waals surface area contributed by atoms with Gasteiger partial charge in [0.15, 0.2) is 5.78 Å². The number of ether oxygens (including phenoxy) is 1. The van der Waals surface area contributed by atoms with Gasteiger partial charge in [0.2, 0.25) is 0 Å². The second-order valence-electron chi connectivity index (χ2n) is 8.51. The van der Waals surface area contributed by atoms with E-state index in [9.17, 15) is 14.7 Å². The predicted molar refractivity (Wildman–Crippen MR) is 132 cm³/mol. The summed E-state index contributed by atoms with van der Waals surface area (Å²) in [6, 6.07) is 13.1. The zero-order valence-corrected chi connectivity index (χ0v) is 20.0. The molecule has 0 saturated carbocycles. The van der Waals surface area contributed by atoms with Crippen molar-refractivity contribution in [2.75, 3.05) is 32.5 Å². The van der Waals surface area contributed by atoms with E-state index in [4.69, 9.17) is 4.74 Å². The molecule has 1 aromatic carbocycles. The van der Waals surface area contributed by atoms with Crippen molar-refractivity contribution in [3.05, 3.63) is 60.4 Å². The molecule has 2 atom stereocenters. The van der Waals surface area contributed by atoms with Gasteiger partial charge in [-0.2, -0.15) is 0 Å². The molecule has 3 heterocycles. The van der Waals surface area contributed by atoms with E-state index >= 15 is 0 Å². The van der Waals surface area contributed by atoms with Crippen molar-refractivity contribution in [1.29, 1.82) is 0 Å². The van der Waals surface area contributed by atoms with Crippen LogP contribution in [0.2, 0.25) is 0 Å². The number of aromatic nitrogens is 2. The first-order chi connectivity index (χ1) is 16.5. The third kappa shape index (κ3) is 5.93. The number of hydrogen-bond acceptors (Lipinski definition) is 7. The molecule has 4 rings (SSSR count). The topological polar surface area (TPSA) is 92.6 Å². The van der Waals surface area contributed by atoms with Crippen LogP contribution in [0.15, 0.2) is 59.9 Å². The van der Waals surface area contributed by atoms with Crippen LogP contribution in [-0.2, 0) is 4.79 Å². The summed E-state index contributed by atoms with van der Waals surface area (Å²) >= 11 is 1.68. The number of nitrogens with zero attached hydrogens (tertiary/aromatic N) is 3. The van der Waals surface area contributed by atoms with Crippen LogP contribution < -0.4 is 4.74 Å². The van der Waals surface area contributed by atoms with Gasteiger partial charge in [0.05, 0.1) is 23.6 Å². The number of likely N-dealkylation sites (tertiary alicyclic amines) is 1. The molecular formula is C26H29N3O4S. The number of benzene rings is 1. The summed E-state index contributed by atoms with van der Waals surface area (Å²) in [6.45, 7) is 2.19. The number of Topliss-reactive ketones (excluding diaryl/α,β-unsaturated/α-hetero) is 1. The van der Waals surface area contributed by atoms with Gasteiger partial charge in [-0.15, -0.1) is 11.8 Å². The minimum absolute atomic E-state index is 0.0104. The number of rotatable bonds is 10. The van der Waals surface area contributed by atoms with Gasteiger partial charge in [-0.1, -0.05) is 6.07 Å². The molecule has 1 saturated heterocycles. The molecule has 0 amide bonds. The molecular weight excluding hydrogens is 450 g/mol. The fraction of sp³-hybridized carbons (Fsp3) is 0.385. The van der Waals surface area contributed by atoms with Gasteiger partial charge in [-0.3, -0.25) is 14.6 Å². The maximum Gasteiger partial charge on any atom is 0.308 e. The molecule has 3 aromatic rings. The fourth-order valence-electron chi connectivity index (χ4n) is 4.55. The Labute approximate surface area is 203 Å². The number of carboxylic acids is 1. The number of carbonyl (C=O) groups is 2. The lowest BCUT2D eigenvalue weighted by Crippen LogP contribution is -2.44. The van der Waals surface area contributed by atoms with Crippen LogP contribution in [0.3, 0.4) is 0 Å². The number of fused-ring (bicyclic) bond motifs is 1. The molecule has 0 spiro atoms. The summed E-state index contributed by atoms with van der Waals surface area (Å²) in [5.41, 5.74) is 1.35. The van der Waals surface area contributed by atoms with E-state index in [1.165, 1.54) is 0 Å². The van der Waals surface area contributed by atoms with Crippen LogP contribution in [0.5, 0.6) is 5.75 Å². The number of aliphatic carboxylic acids is 1. The summed E-state index contributed by atoms with van der Waals surface area (Å²) in [5, 5.41) is 11.6. The zero-order valence-electron chi connectivity index (χ0n) is 19.2. The molecule has 8 heteroatoms. The van der Waals surface area contributed by atoms with Crippen LogP contribution in [-0.4, -0.2) is 64.2 Å². The maximum atomic E-state index is 13.1. The molecule has 7 nitrogen and oxygen atoms in total. The molecule has 1 fully saturated rings. The lowest BCUT2D eigenvalue weighted by atomic mass is 9.81. The lowest BCUT2D eigenvalue weighted by molar-refractivity contribution is -0.146. The number of carboxylic acid groups (broad SMARTS) is 1. The number of methoxy groups -OCH3 is 1. The van der Waals surface area contributed by atoms with Gasteiger partial charge in [0.25, 0.3) is 0 Å². The minimum atomic E-state index is -0.779. The maximum absolute atomic E-state index is 13.1. The quantitative estimate of drug-likeness (QED) is 0.338. The van der Waals surface area contributed by atoms with Crippen LogP contribution in [0, 0.1) is 11.8 Å². The number of carbonyl (C=O) groups excluding carboxylic acids is 1. The van der Waals surface area contributed by atoms with Crippen LogP contribution >= 0.6 is 11.8 Å². The molecule has 0 bridgehead atoms. The number of pyridine rings is 2. The van der Waals surface area contributed by atoms with Gasteiger partial charge >= 0.3 is 5.97 Å². The molecule has 1 aliphatic rings. The minimum Gasteiger partial charge on any atom is -0.497 e. The average molecular weight is 480 g/mol. The van der Waals surface area contributed by atoms with Gasteiger partial charge in [-0.05, 0) is 61.7 Å². The van der Waals surface area contributed by atoms with Crippen LogP contribution in [0.1, 0.15) is 29.6 Å². The van der Waals surface area contributed by atoms with Crippen molar-refractivity contribution < 1.29 is 19.4 Å². The monoisotopic (exact) mass is 479 g/mol. The van der Waals surface area contributed by atoms with E-state index in [2.05, 4.69) is 14.9 Å². The fourth-order valence-corrected chi connectivity index (χ4v) is 5.42. The Kier molecular flexibility index (Phi) is 8.13. The van der Waals surface area contributed by atoms with Crippen molar-refractivity contribution in [2.45, 2.75) is 24.3 Å². The van der Waals surface area contributed by atoms with E-state index in [1.54, 1.807) is 37.3 Å². The van der Waals surface area contributed by atoms with Gasteiger partial charge in [-0.25, -0.2) is 4.98 Å². The summed E-state index contributed by atoms with van der Waals surface area (Å²) in [7, 11) is 1.59. The number of hydrogen-bond donors (Lipinski definition) is 1. The molecule has 2 unspecified atom stereocenters. The highest BCUT2D eigenvalue weighted by Crippen LogP contribution is 2.30. The second-order valence-corrected chi connectivity index (χ2v) is 9.63. The van der Waals surface area contributed by atoms with E-state index < -0.39 is 11.9 Å². The third-order valence-electron chi connectivity index (χ3n) is 6.44. The number of piperidine rings is 1. The first-order valence-corrected chi connectivity index (χ1v) is 12.5. The van der Waals surface area contributed by atoms with Gasteiger partial charge < -0.3 is 14.7 Å². The highest BCUT2D eigenvalue weighted by atomic mass is 32.2. The lowest BCUT2D eigenvalue weighted by Gasteiger charge is -2.36. The summed E-state index contributed by atoms with van der Waals surface area (Å²) < 4.78 is 5.30. The van der Waals surface area contributed by atoms with Gasteiger partial charge in [0, 0.05) is 48.6 Å². The molecule has 34 heavy (non-hydrogen) atoms. The Bertz CT molecular complexity index is 1140. The first-order valence-electron chi connectivity index (χ1n) is 11.5. The van der Waals surface area contributed by atoms with Crippen molar-refractivity contribution in [3.63, 3.8) is 0 Å². The standard InChI is InChI=1S/C26H29N3O4S/c1-33-19-6-7-23-21(16-19)20(9-12-27-23)24(30)8-5-18-10-13-29(17-22(18)26(31)32)14-15-34-25-4-2-3-11-28-25/h2-4,6-7,9,11-12,16,18,22H,5,8,10,13-15,17H2,1H3,(H,31,32).